The van der Waals surface area contributed by atoms with Crippen LogP contribution in [0.3, 0.4) is 0 Å². The van der Waals surface area contributed by atoms with Crippen LogP contribution in [0, 0.1) is 12.8 Å². The molecule has 7 rings (SSSR count). The van der Waals surface area contributed by atoms with Gasteiger partial charge in [0, 0.05) is 51.5 Å². The maximum absolute atomic E-state index is 14.4. The fourth-order valence-electron chi connectivity index (χ4n) is 8.92. The lowest BCUT2D eigenvalue weighted by molar-refractivity contribution is -0.149. The summed E-state index contributed by atoms with van der Waals surface area (Å²) in [6.07, 6.45) is -2.40. The van der Waals surface area contributed by atoms with Crippen LogP contribution in [0.15, 0.2) is 72.2 Å². The number of methoxy groups -OCH3 is 1. The van der Waals surface area contributed by atoms with Gasteiger partial charge < -0.3 is 45.4 Å². The summed E-state index contributed by atoms with van der Waals surface area (Å²) in [7, 11) is 1.58. The number of aliphatic hydroxyl groups excluding tert-OH is 2. The van der Waals surface area contributed by atoms with Crippen molar-refractivity contribution < 1.29 is 43.7 Å². The van der Waals surface area contributed by atoms with Crippen LogP contribution in [0.1, 0.15) is 74.7 Å². The van der Waals surface area contributed by atoms with Crippen molar-refractivity contribution >= 4 is 40.9 Å². The van der Waals surface area contributed by atoms with Gasteiger partial charge in [0.2, 0.25) is 29.5 Å². The highest BCUT2D eigenvalue weighted by atomic mass is 32.1. The van der Waals surface area contributed by atoms with Crippen LogP contribution in [-0.4, -0.2) is 116 Å². The van der Waals surface area contributed by atoms with E-state index in [9.17, 15) is 34.2 Å². The number of nitrogens with zero attached hydrogens (tertiary/aromatic N) is 4. The van der Waals surface area contributed by atoms with E-state index in [0.717, 1.165) is 32.8 Å². The quantitative estimate of drug-likeness (QED) is 0.117. The number of aromatic nitrogens is 1. The Morgan fingerprint density at radius 3 is 2.03 bits per heavy atom. The summed E-state index contributed by atoms with van der Waals surface area (Å²) in [6.45, 7) is 9.41. The first-order valence-corrected chi connectivity index (χ1v) is 22.5. The fourth-order valence-corrected chi connectivity index (χ4v) is 9.73. The minimum Gasteiger partial charge on any atom is -0.497 e. The first kappa shape index (κ1) is 46.1. The van der Waals surface area contributed by atoms with Crippen LogP contribution in [-0.2, 0) is 43.6 Å². The molecule has 3 aromatic carbocycles. The summed E-state index contributed by atoms with van der Waals surface area (Å²) >= 11 is 1.56. The third-order valence-corrected chi connectivity index (χ3v) is 13.1. The number of amides is 5. The molecule has 1 unspecified atom stereocenters. The van der Waals surface area contributed by atoms with Gasteiger partial charge in [-0.05, 0) is 66.3 Å². The second-order valence-electron chi connectivity index (χ2n) is 17.1. The standard InChI is InChI=1S/C47H57N7O9S/c1-26(2)41(47(61)52-23-34(56)17-39(52)43(57)48-21-31-9-14-35(62-6)15-10-31)54-22-33-13-16-36(18-38(33)46(54)60)63-37-19-40(53(24-37)45(59)28(4)51-29(5)55)44(58)49-20-30-7-11-32(12-8-30)42-27(3)50-25-64-42/h7-16,18,25-26,28,34,37,39-41,46,56,60H,17,19-24H2,1-6H3,(H,48,57)(H,49,58)(H,51,55)/t28-,34+,37+,39-,40-,41-,46?/m0/s1. The van der Waals surface area contributed by atoms with Crippen molar-refractivity contribution in [3.05, 3.63) is 100 Å². The van der Waals surface area contributed by atoms with Crippen LogP contribution in [0.25, 0.3) is 10.4 Å². The highest BCUT2D eigenvalue weighted by molar-refractivity contribution is 7.13. The van der Waals surface area contributed by atoms with E-state index < -0.39 is 48.5 Å². The Morgan fingerprint density at radius 1 is 0.828 bits per heavy atom. The summed E-state index contributed by atoms with van der Waals surface area (Å²) in [4.78, 5) is 77.2. The van der Waals surface area contributed by atoms with Gasteiger partial charge >= 0.3 is 0 Å². The number of carbonyl (C=O) groups excluding carboxylic acids is 5. The van der Waals surface area contributed by atoms with Gasteiger partial charge in [0.1, 0.15) is 42.0 Å². The normalized spacial score (nSPS) is 21.6. The number of thiazole rings is 1. The second-order valence-corrected chi connectivity index (χ2v) is 18.0. The highest BCUT2D eigenvalue weighted by Crippen LogP contribution is 2.39. The van der Waals surface area contributed by atoms with Gasteiger partial charge in [-0.3, -0.25) is 28.9 Å². The summed E-state index contributed by atoms with van der Waals surface area (Å²) in [5.41, 5.74) is 6.85. The number of likely N-dealkylation sites (tertiary alicyclic amines) is 2. The van der Waals surface area contributed by atoms with E-state index in [2.05, 4.69) is 20.9 Å². The second kappa shape index (κ2) is 19.9. The molecule has 2 fully saturated rings. The van der Waals surface area contributed by atoms with Crippen molar-refractivity contribution in [2.24, 2.45) is 5.92 Å². The third kappa shape index (κ3) is 10.2. The first-order valence-electron chi connectivity index (χ1n) is 21.6. The van der Waals surface area contributed by atoms with Crippen molar-refractivity contribution in [3.63, 3.8) is 0 Å². The van der Waals surface area contributed by atoms with E-state index >= 15 is 0 Å². The molecule has 0 bridgehead atoms. The zero-order valence-electron chi connectivity index (χ0n) is 36.9. The number of benzene rings is 3. The minimum absolute atomic E-state index is 0.0119. The Balaban J connectivity index is 1.01. The molecule has 340 valence electrons. The number of nitrogens with one attached hydrogen (secondary N) is 3. The minimum atomic E-state index is -1.19. The Morgan fingerprint density at radius 2 is 1.44 bits per heavy atom. The molecule has 0 radical (unpaired) electrons. The van der Waals surface area contributed by atoms with Gasteiger partial charge in [-0.25, -0.2) is 4.98 Å². The molecule has 0 aliphatic carbocycles. The average Bonchev–Trinajstić information content (AvgIpc) is 4.07. The lowest BCUT2D eigenvalue weighted by Crippen LogP contribution is -2.54. The number of ether oxygens (including phenoxy) is 2. The Bertz CT molecular complexity index is 2340. The molecule has 0 spiro atoms. The van der Waals surface area contributed by atoms with Gasteiger partial charge in [-0.1, -0.05) is 56.3 Å². The first-order chi connectivity index (χ1) is 30.6. The van der Waals surface area contributed by atoms with Crippen molar-refractivity contribution in [2.75, 3.05) is 20.2 Å². The number of aryl methyl sites for hydroxylation is 1. The molecular formula is C47H57N7O9S. The van der Waals surface area contributed by atoms with Gasteiger partial charge in [0.25, 0.3) is 0 Å². The van der Waals surface area contributed by atoms with Crippen LogP contribution < -0.4 is 25.4 Å². The summed E-state index contributed by atoms with van der Waals surface area (Å²) in [5.74, 6) is -1.06. The van der Waals surface area contributed by atoms with E-state index in [-0.39, 0.29) is 75.1 Å². The zero-order valence-corrected chi connectivity index (χ0v) is 37.8. The van der Waals surface area contributed by atoms with Crippen molar-refractivity contribution in [1.29, 1.82) is 0 Å². The number of fused-ring (bicyclic) bond motifs is 1. The largest absolute Gasteiger partial charge is 0.497 e. The Labute approximate surface area is 376 Å². The zero-order chi connectivity index (χ0) is 45.8. The predicted molar refractivity (Wildman–Crippen MR) is 238 cm³/mol. The molecule has 3 aliphatic rings. The number of carbonyl (C=O) groups is 5. The molecule has 5 N–H and O–H groups in total. The van der Waals surface area contributed by atoms with Crippen LogP contribution >= 0.6 is 11.3 Å². The molecule has 16 nitrogen and oxygen atoms in total. The molecule has 17 heteroatoms. The summed E-state index contributed by atoms with van der Waals surface area (Å²) in [6, 6.07) is 17.0. The van der Waals surface area contributed by atoms with E-state index in [1.165, 1.54) is 16.7 Å². The topological polar surface area (TPSA) is 203 Å². The van der Waals surface area contributed by atoms with Gasteiger partial charge in [0.05, 0.1) is 41.9 Å². The number of hydrogen-bond acceptors (Lipinski definition) is 12. The molecule has 7 atom stereocenters. The Hall–Kier alpha value is -5.88. The fraction of sp³-hybridized carbons (Fsp3) is 0.447. The molecule has 0 saturated carbocycles. The molecule has 5 amide bonds. The van der Waals surface area contributed by atoms with Crippen LogP contribution in [0.2, 0.25) is 0 Å². The maximum Gasteiger partial charge on any atom is 0.245 e. The van der Waals surface area contributed by atoms with Gasteiger partial charge in [-0.15, -0.1) is 11.3 Å². The smallest absolute Gasteiger partial charge is 0.245 e. The number of rotatable bonds is 15. The monoisotopic (exact) mass is 895 g/mol. The number of β-amino-alcohol motifs (C(OH)–C–C–N with tert-alkyl or cyclic N) is 1. The molecule has 1 aromatic heterocycles. The molecule has 64 heavy (non-hydrogen) atoms. The summed E-state index contributed by atoms with van der Waals surface area (Å²) in [5, 5.41) is 31.0. The SMILES string of the molecule is COc1ccc(CNC(=O)[C@@H]2C[C@@H](O)CN2C(=O)[C@H](C(C)C)N2Cc3ccc(O[C@@H]4C[C@@H](C(=O)NCc5ccc(-c6scnc6C)cc5)N(C(=O)[C@H](C)NC(C)=O)C4)cc3C2O)cc1. The lowest BCUT2D eigenvalue weighted by Gasteiger charge is -2.36. The molecule has 3 aliphatic heterocycles. The van der Waals surface area contributed by atoms with Gasteiger partial charge in [-0.2, -0.15) is 0 Å². The number of hydrogen-bond donors (Lipinski definition) is 5. The molecule has 4 aromatic rings. The van der Waals surface area contributed by atoms with Crippen molar-refractivity contribution in [2.45, 2.75) is 110 Å². The molecule has 4 heterocycles. The maximum atomic E-state index is 14.4. The van der Waals surface area contributed by atoms with Gasteiger partial charge in [0.15, 0.2) is 0 Å². The summed E-state index contributed by atoms with van der Waals surface area (Å²) < 4.78 is 11.6. The lowest BCUT2D eigenvalue weighted by atomic mass is 10.00. The van der Waals surface area contributed by atoms with Crippen molar-refractivity contribution in [1.82, 2.24) is 35.6 Å². The highest BCUT2D eigenvalue weighted by Gasteiger charge is 2.47. The van der Waals surface area contributed by atoms with Crippen LogP contribution in [0.5, 0.6) is 11.5 Å². The van der Waals surface area contributed by atoms with E-state index in [4.69, 9.17) is 9.47 Å². The Kier molecular flexibility index (Phi) is 14.3. The van der Waals surface area contributed by atoms with E-state index in [0.29, 0.717) is 17.1 Å². The number of aliphatic hydroxyl groups is 2. The average molecular weight is 896 g/mol. The van der Waals surface area contributed by atoms with Crippen molar-refractivity contribution in [3.8, 4) is 21.9 Å². The molecule has 2 saturated heterocycles. The predicted octanol–water partition coefficient (Wildman–Crippen LogP) is 3.43. The van der Waals surface area contributed by atoms with E-state index in [1.807, 2.05) is 63.2 Å². The third-order valence-electron chi connectivity index (χ3n) is 12.2. The van der Waals surface area contributed by atoms with E-state index in [1.54, 1.807) is 60.0 Å². The molecular weight excluding hydrogens is 839 g/mol. The van der Waals surface area contributed by atoms with Crippen LogP contribution in [0.4, 0.5) is 0 Å².